The second-order valence-corrected chi connectivity index (χ2v) is 8.96. The summed E-state index contributed by atoms with van der Waals surface area (Å²) in [4.78, 5) is 8.46. The molecule has 1 N–H and O–H groups in total. The maximum atomic E-state index is 12.7. The van der Waals surface area contributed by atoms with Gasteiger partial charge in [0.15, 0.2) is 0 Å². The van der Waals surface area contributed by atoms with Gasteiger partial charge in [-0.25, -0.2) is 13.1 Å². The zero-order valence-electron chi connectivity index (χ0n) is 16.9. The topological polar surface area (TPSA) is 99.6 Å². The lowest BCUT2D eigenvalue weighted by atomic mass is 9.94. The SMILES string of the molecule is COc1cncc(OC2CCC(NS(=O)(=O)c3ccc(OC(C)C)cc3)CC2)n1. The Kier molecular flexibility index (Phi) is 6.92. The molecule has 0 bridgehead atoms. The maximum Gasteiger partial charge on any atom is 0.240 e. The molecule has 8 nitrogen and oxygen atoms in total. The highest BCUT2D eigenvalue weighted by Crippen LogP contribution is 2.25. The Bertz CT molecular complexity index is 895. The molecular weight excluding hydrogens is 394 g/mol. The van der Waals surface area contributed by atoms with Crippen LogP contribution in [-0.4, -0.2) is 43.7 Å². The Balaban J connectivity index is 1.52. The molecule has 0 spiro atoms. The van der Waals surface area contributed by atoms with Crippen molar-refractivity contribution in [2.75, 3.05) is 7.11 Å². The van der Waals surface area contributed by atoms with Crippen molar-refractivity contribution in [2.24, 2.45) is 0 Å². The highest BCUT2D eigenvalue weighted by atomic mass is 32.2. The Hall–Kier alpha value is -2.39. The first-order valence-corrected chi connectivity index (χ1v) is 11.2. The molecule has 1 saturated carbocycles. The number of hydrogen-bond acceptors (Lipinski definition) is 7. The van der Waals surface area contributed by atoms with Gasteiger partial charge in [0, 0.05) is 6.04 Å². The van der Waals surface area contributed by atoms with Gasteiger partial charge in [-0.3, -0.25) is 4.98 Å². The first kappa shape index (κ1) is 21.3. The number of nitrogens with one attached hydrogen (secondary N) is 1. The molecule has 9 heteroatoms. The molecule has 0 aliphatic heterocycles. The summed E-state index contributed by atoms with van der Waals surface area (Å²) in [7, 11) is -2.05. The van der Waals surface area contributed by atoms with Gasteiger partial charge in [-0.15, -0.1) is 0 Å². The van der Waals surface area contributed by atoms with Gasteiger partial charge in [0.25, 0.3) is 0 Å². The number of ether oxygens (including phenoxy) is 3. The van der Waals surface area contributed by atoms with Crippen LogP contribution in [0.5, 0.6) is 17.5 Å². The summed E-state index contributed by atoms with van der Waals surface area (Å²) in [5.74, 6) is 1.46. The van der Waals surface area contributed by atoms with E-state index in [1.807, 2.05) is 13.8 Å². The lowest BCUT2D eigenvalue weighted by molar-refractivity contribution is 0.136. The molecule has 1 aliphatic carbocycles. The van der Waals surface area contributed by atoms with Gasteiger partial charge in [0.05, 0.1) is 30.5 Å². The normalized spacial score (nSPS) is 19.7. The molecule has 0 radical (unpaired) electrons. The molecule has 0 amide bonds. The van der Waals surface area contributed by atoms with E-state index in [2.05, 4.69) is 14.7 Å². The molecule has 2 aromatic rings. The quantitative estimate of drug-likeness (QED) is 0.699. The van der Waals surface area contributed by atoms with Gasteiger partial charge in [-0.2, -0.15) is 4.98 Å². The van der Waals surface area contributed by atoms with Crippen LogP contribution in [0, 0.1) is 0 Å². The van der Waals surface area contributed by atoms with Gasteiger partial charge in [-0.05, 0) is 63.8 Å². The van der Waals surface area contributed by atoms with Gasteiger partial charge >= 0.3 is 0 Å². The van der Waals surface area contributed by atoms with Crippen LogP contribution in [0.25, 0.3) is 0 Å². The molecule has 0 atom stereocenters. The third kappa shape index (κ3) is 6.04. The van der Waals surface area contributed by atoms with Crippen LogP contribution in [0.1, 0.15) is 39.5 Å². The second kappa shape index (κ2) is 9.41. The number of sulfonamides is 1. The maximum absolute atomic E-state index is 12.7. The fourth-order valence-electron chi connectivity index (χ4n) is 3.21. The molecule has 1 aliphatic rings. The van der Waals surface area contributed by atoms with Crippen molar-refractivity contribution in [1.82, 2.24) is 14.7 Å². The van der Waals surface area contributed by atoms with Gasteiger partial charge in [0.1, 0.15) is 11.9 Å². The zero-order chi connectivity index (χ0) is 20.9. The predicted octanol–water partition coefficient (Wildman–Crippen LogP) is 2.94. The number of benzene rings is 1. The third-order valence-corrected chi connectivity index (χ3v) is 6.13. The first-order valence-electron chi connectivity index (χ1n) is 9.67. The monoisotopic (exact) mass is 421 g/mol. The minimum absolute atomic E-state index is 0.0235. The highest BCUT2D eigenvalue weighted by molar-refractivity contribution is 7.89. The van der Waals surface area contributed by atoms with Crippen molar-refractivity contribution >= 4 is 10.0 Å². The number of aromatic nitrogens is 2. The fourth-order valence-corrected chi connectivity index (χ4v) is 4.52. The van der Waals surface area contributed by atoms with Crippen molar-refractivity contribution in [2.45, 2.75) is 62.7 Å². The van der Waals surface area contributed by atoms with E-state index in [1.54, 1.807) is 30.5 Å². The Morgan fingerprint density at radius 1 is 1.03 bits per heavy atom. The van der Waals surface area contributed by atoms with Crippen LogP contribution in [-0.2, 0) is 10.0 Å². The molecular formula is C20H27N3O5S. The summed E-state index contributed by atoms with van der Waals surface area (Å²) >= 11 is 0. The standard InChI is InChI=1S/C20H27N3O5S/c1-14(2)27-16-8-10-18(11-9-16)29(24,25)23-15-4-6-17(7-5-15)28-20-13-21-12-19(22-20)26-3/h8-15,17,23H,4-7H2,1-3H3. The lowest BCUT2D eigenvalue weighted by Gasteiger charge is -2.29. The number of rotatable bonds is 8. The molecule has 1 aromatic carbocycles. The van der Waals surface area contributed by atoms with E-state index in [0.717, 1.165) is 12.8 Å². The van der Waals surface area contributed by atoms with Crippen molar-refractivity contribution in [3.63, 3.8) is 0 Å². The fraction of sp³-hybridized carbons (Fsp3) is 0.500. The van der Waals surface area contributed by atoms with E-state index in [0.29, 0.717) is 30.4 Å². The molecule has 0 saturated heterocycles. The van der Waals surface area contributed by atoms with Crippen LogP contribution >= 0.6 is 0 Å². The number of nitrogens with zero attached hydrogens (tertiary/aromatic N) is 2. The average Bonchev–Trinajstić information content (AvgIpc) is 2.69. The van der Waals surface area contributed by atoms with Crippen molar-refractivity contribution in [1.29, 1.82) is 0 Å². The van der Waals surface area contributed by atoms with Gasteiger partial charge < -0.3 is 14.2 Å². The second-order valence-electron chi connectivity index (χ2n) is 7.25. The summed E-state index contributed by atoms with van der Waals surface area (Å²) in [6.07, 6.45) is 5.91. The molecule has 0 unspecified atom stereocenters. The van der Waals surface area contributed by atoms with Crippen LogP contribution < -0.4 is 18.9 Å². The van der Waals surface area contributed by atoms with Crippen LogP contribution in [0.2, 0.25) is 0 Å². The van der Waals surface area contributed by atoms with E-state index in [4.69, 9.17) is 14.2 Å². The molecule has 29 heavy (non-hydrogen) atoms. The van der Waals surface area contributed by atoms with Crippen LogP contribution in [0.3, 0.4) is 0 Å². The number of hydrogen-bond donors (Lipinski definition) is 1. The van der Waals surface area contributed by atoms with Crippen molar-refractivity contribution in [3.8, 4) is 17.5 Å². The Labute approximate surface area is 171 Å². The van der Waals surface area contributed by atoms with E-state index < -0.39 is 10.0 Å². The van der Waals surface area contributed by atoms with E-state index in [1.165, 1.54) is 13.3 Å². The van der Waals surface area contributed by atoms with Gasteiger partial charge in [0.2, 0.25) is 21.8 Å². The molecule has 1 aromatic heterocycles. The largest absolute Gasteiger partial charge is 0.491 e. The Morgan fingerprint density at radius 2 is 1.69 bits per heavy atom. The lowest BCUT2D eigenvalue weighted by Crippen LogP contribution is -2.39. The summed E-state index contributed by atoms with van der Waals surface area (Å²) in [5.41, 5.74) is 0. The smallest absolute Gasteiger partial charge is 0.240 e. The summed E-state index contributed by atoms with van der Waals surface area (Å²) in [6.45, 7) is 3.85. The summed E-state index contributed by atoms with van der Waals surface area (Å²) < 4.78 is 44.6. The van der Waals surface area contributed by atoms with Crippen molar-refractivity contribution in [3.05, 3.63) is 36.7 Å². The zero-order valence-corrected chi connectivity index (χ0v) is 17.7. The first-order chi connectivity index (χ1) is 13.9. The minimum atomic E-state index is -3.58. The van der Waals surface area contributed by atoms with E-state index >= 15 is 0 Å². The summed E-state index contributed by atoms with van der Waals surface area (Å²) in [5, 5.41) is 0. The summed E-state index contributed by atoms with van der Waals surface area (Å²) in [6, 6.07) is 6.36. The predicted molar refractivity (Wildman–Crippen MR) is 108 cm³/mol. The molecule has 1 heterocycles. The average molecular weight is 422 g/mol. The highest BCUT2D eigenvalue weighted by Gasteiger charge is 2.27. The molecule has 1 fully saturated rings. The minimum Gasteiger partial charge on any atom is -0.491 e. The molecule has 158 valence electrons. The van der Waals surface area contributed by atoms with E-state index in [9.17, 15) is 8.42 Å². The van der Waals surface area contributed by atoms with Crippen LogP contribution in [0.4, 0.5) is 0 Å². The van der Waals surface area contributed by atoms with E-state index in [-0.39, 0.29) is 23.1 Å². The van der Waals surface area contributed by atoms with Crippen molar-refractivity contribution < 1.29 is 22.6 Å². The molecule has 3 rings (SSSR count). The third-order valence-electron chi connectivity index (χ3n) is 4.59. The van der Waals surface area contributed by atoms with Gasteiger partial charge in [-0.1, -0.05) is 0 Å². The Morgan fingerprint density at radius 3 is 2.31 bits per heavy atom. The number of methoxy groups -OCH3 is 1. The van der Waals surface area contributed by atoms with Crippen LogP contribution in [0.15, 0.2) is 41.6 Å².